The minimum absolute atomic E-state index is 0.148. The van der Waals surface area contributed by atoms with E-state index in [4.69, 9.17) is 0 Å². The van der Waals surface area contributed by atoms with Crippen molar-refractivity contribution >= 4 is 15.9 Å². The standard InChI is InChI=1S/C12H12BrFN4/c1-7-11-16-17-12(18(11)5-4-15-7)9-6-8(13)2-3-10(9)14/h2-3,6-7,15H,4-5H2,1H3. The second-order valence-corrected chi connectivity index (χ2v) is 5.25. The van der Waals surface area contributed by atoms with Crippen LogP contribution in [0.3, 0.4) is 0 Å². The van der Waals surface area contributed by atoms with Crippen molar-refractivity contribution < 1.29 is 4.39 Å². The van der Waals surface area contributed by atoms with Crippen LogP contribution in [0.15, 0.2) is 22.7 Å². The van der Waals surface area contributed by atoms with Gasteiger partial charge in [-0.25, -0.2) is 4.39 Å². The lowest BCUT2D eigenvalue weighted by Gasteiger charge is -2.22. The molecule has 0 fully saturated rings. The first kappa shape index (κ1) is 11.8. The van der Waals surface area contributed by atoms with Crippen LogP contribution in [0.2, 0.25) is 0 Å². The Morgan fingerprint density at radius 3 is 3.11 bits per heavy atom. The maximum absolute atomic E-state index is 13.9. The molecule has 6 heteroatoms. The second kappa shape index (κ2) is 4.44. The fourth-order valence-electron chi connectivity index (χ4n) is 2.21. The number of rotatable bonds is 1. The van der Waals surface area contributed by atoms with Crippen LogP contribution < -0.4 is 5.32 Å². The van der Waals surface area contributed by atoms with Gasteiger partial charge in [0.15, 0.2) is 5.82 Å². The quantitative estimate of drug-likeness (QED) is 0.880. The summed E-state index contributed by atoms with van der Waals surface area (Å²) in [5.41, 5.74) is 0.484. The van der Waals surface area contributed by atoms with Crippen molar-refractivity contribution in [2.75, 3.05) is 6.54 Å². The summed E-state index contributed by atoms with van der Waals surface area (Å²) >= 11 is 3.35. The van der Waals surface area contributed by atoms with Crippen molar-refractivity contribution in [2.45, 2.75) is 19.5 Å². The first-order chi connectivity index (χ1) is 8.66. The van der Waals surface area contributed by atoms with Gasteiger partial charge in [0.25, 0.3) is 0 Å². The van der Waals surface area contributed by atoms with Gasteiger partial charge in [-0.15, -0.1) is 10.2 Å². The summed E-state index contributed by atoms with van der Waals surface area (Å²) in [7, 11) is 0. The number of nitrogens with one attached hydrogen (secondary N) is 1. The Morgan fingerprint density at radius 1 is 1.44 bits per heavy atom. The molecular weight excluding hydrogens is 299 g/mol. The third kappa shape index (κ3) is 1.85. The zero-order valence-corrected chi connectivity index (χ0v) is 11.4. The maximum atomic E-state index is 13.9. The van der Waals surface area contributed by atoms with Crippen molar-refractivity contribution in [3.05, 3.63) is 34.3 Å². The minimum Gasteiger partial charge on any atom is -0.308 e. The second-order valence-electron chi connectivity index (χ2n) is 4.33. The van der Waals surface area contributed by atoms with E-state index in [1.165, 1.54) is 6.07 Å². The molecule has 1 aromatic carbocycles. The van der Waals surface area contributed by atoms with Crippen molar-refractivity contribution in [1.82, 2.24) is 20.1 Å². The maximum Gasteiger partial charge on any atom is 0.167 e. The topological polar surface area (TPSA) is 42.7 Å². The van der Waals surface area contributed by atoms with Crippen LogP contribution in [0.4, 0.5) is 4.39 Å². The molecule has 94 valence electrons. The average molecular weight is 311 g/mol. The highest BCUT2D eigenvalue weighted by Crippen LogP contribution is 2.27. The van der Waals surface area contributed by atoms with Gasteiger partial charge in [0.05, 0.1) is 11.6 Å². The molecule has 1 atom stereocenters. The SMILES string of the molecule is CC1NCCn2c(-c3cc(Br)ccc3F)nnc21. The molecule has 0 radical (unpaired) electrons. The van der Waals surface area contributed by atoms with E-state index in [1.807, 2.05) is 11.5 Å². The largest absolute Gasteiger partial charge is 0.308 e. The predicted octanol–water partition coefficient (Wildman–Crippen LogP) is 2.51. The van der Waals surface area contributed by atoms with Crippen LogP contribution in [0.25, 0.3) is 11.4 Å². The summed E-state index contributed by atoms with van der Waals surface area (Å²) in [6.07, 6.45) is 0. The molecule has 0 saturated heterocycles. The molecule has 1 unspecified atom stereocenters. The fraction of sp³-hybridized carbons (Fsp3) is 0.333. The molecule has 2 aromatic rings. The molecule has 1 aromatic heterocycles. The summed E-state index contributed by atoms with van der Waals surface area (Å²) in [6.45, 7) is 3.63. The number of hydrogen-bond donors (Lipinski definition) is 1. The Hall–Kier alpha value is -1.27. The lowest BCUT2D eigenvalue weighted by Crippen LogP contribution is -2.32. The van der Waals surface area contributed by atoms with E-state index in [9.17, 15) is 4.39 Å². The van der Waals surface area contributed by atoms with Gasteiger partial charge in [-0.2, -0.15) is 0 Å². The molecule has 0 saturated carbocycles. The van der Waals surface area contributed by atoms with Crippen LogP contribution >= 0.6 is 15.9 Å². The lowest BCUT2D eigenvalue weighted by atomic mass is 10.2. The summed E-state index contributed by atoms with van der Waals surface area (Å²) in [5, 5.41) is 11.6. The Bertz CT molecular complexity index is 596. The summed E-state index contributed by atoms with van der Waals surface area (Å²) < 4.78 is 16.7. The average Bonchev–Trinajstić information content (AvgIpc) is 2.77. The van der Waals surface area contributed by atoms with E-state index in [-0.39, 0.29) is 11.9 Å². The molecule has 0 amide bonds. The Kier molecular flexibility index (Phi) is 2.91. The highest BCUT2D eigenvalue weighted by molar-refractivity contribution is 9.10. The third-order valence-electron chi connectivity index (χ3n) is 3.12. The number of aromatic nitrogens is 3. The van der Waals surface area contributed by atoms with E-state index in [0.29, 0.717) is 11.4 Å². The zero-order chi connectivity index (χ0) is 12.7. The van der Waals surface area contributed by atoms with E-state index >= 15 is 0 Å². The smallest absolute Gasteiger partial charge is 0.167 e. The first-order valence-electron chi connectivity index (χ1n) is 5.78. The van der Waals surface area contributed by atoms with Crippen LogP contribution in [-0.4, -0.2) is 21.3 Å². The van der Waals surface area contributed by atoms with E-state index in [1.54, 1.807) is 12.1 Å². The Balaban J connectivity index is 2.15. The first-order valence-corrected chi connectivity index (χ1v) is 6.58. The minimum atomic E-state index is -0.278. The highest BCUT2D eigenvalue weighted by atomic mass is 79.9. The van der Waals surface area contributed by atoms with Gasteiger partial charge in [0.2, 0.25) is 0 Å². The fourth-order valence-corrected chi connectivity index (χ4v) is 2.57. The summed E-state index contributed by atoms with van der Waals surface area (Å²) in [4.78, 5) is 0. The molecule has 0 bridgehead atoms. The third-order valence-corrected chi connectivity index (χ3v) is 3.62. The molecule has 3 rings (SSSR count). The van der Waals surface area contributed by atoms with Crippen molar-refractivity contribution in [3.8, 4) is 11.4 Å². The normalized spacial score (nSPS) is 18.7. The van der Waals surface area contributed by atoms with Gasteiger partial charge in [-0.1, -0.05) is 15.9 Å². The molecule has 1 N–H and O–H groups in total. The number of hydrogen-bond acceptors (Lipinski definition) is 3. The van der Waals surface area contributed by atoms with Crippen molar-refractivity contribution in [2.24, 2.45) is 0 Å². The zero-order valence-electron chi connectivity index (χ0n) is 9.82. The molecule has 4 nitrogen and oxygen atoms in total. The monoisotopic (exact) mass is 310 g/mol. The van der Waals surface area contributed by atoms with Gasteiger partial charge in [0.1, 0.15) is 11.6 Å². The van der Waals surface area contributed by atoms with E-state index in [2.05, 4.69) is 31.4 Å². The number of nitrogens with zero attached hydrogens (tertiary/aromatic N) is 3. The van der Waals surface area contributed by atoms with Crippen molar-refractivity contribution in [1.29, 1.82) is 0 Å². The molecule has 1 aliphatic heterocycles. The predicted molar refractivity (Wildman–Crippen MR) is 69.5 cm³/mol. The molecular formula is C12H12BrFN4. The lowest BCUT2D eigenvalue weighted by molar-refractivity contribution is 0.438. The molecule has 2 heterocycles. The number of halogens is 2. The van der Waals surface area contributed by atoms with Gasteiger partial charge in [-0.05, 0) is 25.1 Å². The van der Waals surface area contributed by atoms with Gasteiger partial charge in [-0.3, -0.25) is 0 Å². The summed E-state index contributed by atoms with van der Waals surface area (Å²) in [6, 6.07) is 5.00. The molecule has 1 aliphatic rings. The van der Waals surface area contributed by atoms with Crippen LogP contribution in [0.1, 0.15) is 18.8 Å². The molecule has 18 heavy (non-hydrogen) atoms. The van der Waals surface area contributed by atoms with E-state index < -0.39 is 0 Å². The molecule has 0 aliphatic carbocycles. The number of benzene rings is 1. The van der Waals surface area contributed by atoms with Gasteiger partial charge in [0, 0.05) is 17.6 Å². The van der Waals surface area contributed by atoms with Crippen LogP contribution in [-0.2, 0) is 6.54 Å². The highest BCUT2D eigenvalue weighted by Gasteiger charge is 2.23. The van der Waals surface area contributed by atoms with Gasteiger partial charge < -0.3 is 9.88 Å². The summed E-state index contributed by atoms with van der Waals surface area (Å²) in [5.74, 6) is 1.17. The Morgan fingerprint density at radius 2 is 2.28 bits per heavy atom. The van der Waals surface area contributed by atoms with E-state index in [0.717, 1.165) is 23.4 Å². The van der Waals surface area contributed by atoms with Crippen LogP contribution in [0, 0.1) is 5.82 Å². The van der Waals surface area contributed by atoms with Crippen LogP contribution in [0.5, 0.6) is 0 Å². The number of fused-ring (bicyclic) bond motifs is 1. The van der Waals surface area contributed by atoms with Gasteiger partial charge >= 0.3 is 0 Å². The molecule has 0 spiro atoms. The Labute approximate surface area is 112 Å². The van der Waals surface area contributed by atoms with Crippen molar-refractivity contribution in [3.63, 3.8) is 0 Å².